The van der Waals surface area contributed by atoms with Crippen LogP contribution in [-0.2, 0) is 5.41 Å². The molecule has 1 aliphatic rings. The summed E-state index contributed by atoms with van der Waals surface area (Å²) >= 11 is 0. The highest BCUT2D eigenvalue weighted by atomic mass is 19.2. The van der Waals surface area contributed by atoms with E-state index in [9.17, 15) is 8.78 Å². The predicted octanol–water partition coefficient (Wildman–Crippen LogP) is 2.23. The fourth-order valence-electron chi connectivity index (χ4n) is 1.92. The molecule has 0 amide bonds. The van der Waals surface area contributed by atoms with Gasteiger partial charge in [0.2, 0.25) is 0 Å². The third-order valence-electron chi connectivity index (χ3n) is 3.21. The number of hydrogen-bond acceptors (Lipinski definition) is 1. The van der Waals surface area contributed by atoms with Gasteiger partial charge in [0.05, 0.1) is 0 Å². The van der Waals surface area contributed by atoms with Gasteiger partial charge in [-0.2, -0.15) is 0 Å². The molecular weight excluding hydrogens is 186 g/mol. The van der Waals surface area contributed by atoms with Gasteiger partial charge in [0, 0.05) is 6.61 Å². The molecule has 1 aromatic rings. The van der Waals surface area contributed by atoms with Crippen molar-refractivity contribution >= 4 is 0 Å². The van der Waals surface area contributed by atoms with Gasteiger partial charge in [-0.1, -0.05) is 13.0 Å². The lowest BCUT2D eigenvalue weighted by atomic mass is 9.95. The molecule has 14 heavy (non-hydrogen) atoms. The Morgan fingerprint density at radius 3 is 2.64 bits per heavy atom. The normalized spacial score (nSPS) is 30.4. The molecule has 1 aliphatic carbocycles. The molecule has 1 saturated carbocycles. The van der Waals surface area contributed by atoms with Crippen LogP contribution in [0.15, 0.2) is 18.2 Å². The first kappa shape index (κ1) is 9.59. The maximum atomic E-state index is 12.9. The lowest BCUT2D eigenvalue weighted by Crippen LogP contribution is -2.07. The van der Waals surface area contributed by atoms with E-state index in [4.69, 9.17) is 5.11 Å². The van der Waals surface area contributed by atoms with Crippen LogP contribution in [-0.4, -0.2) is 11.7 Å². The second-order valence-corrected chi connectivity index (χ2v) is 4.13. The van der Waals surface area contributed by atoms with Gasteiger partial charge in [0.15, 0.2) is 11.6 Å². The number of aliphatic hydroxyl groups excluding tert-OH is 1. The first-order chi connectivity index (χ1) is 6.58. The summed E-state index contributed by atoms with van der Waals surface area (Å²) in [5.74, 6) is -1.45. The van der Waals surface area contributed by atoms with E-state index in [1.807, 2.05) is 6.92 Å². The van der Waals surface area contributed by atoms with Crippen molar-refractivity contribution in [1.29, 1.82) is 0 Å². The molecule has 3 heteroatoms. The lowest BCUT2D eigenvalue weighted by Gasteiger charge is -2.10. The van der Waals surface area contributed by atoms with Crippen LogP contribution in [0.1, 0.15) is 18.9 Å². The van der Waals surface area contributed by atoms with E-state index in [1.165, 1.54) is 6.07 Å². The minimum atomic E-state index is -0.821. The van der Waals surface area contributed by atoms with Crippen molar-refractivity contribution in [2.45, 2.75) is 18.8 Å². The molecule has 76 valence electrons. The van der Waals surface area contributed by atoms with E-state index in [0.29, 0.717) is 0 Å². The fraction of sp³-hybridized carbons (Fsp3) is 0.455. The maximum Gasteiger partial charge on any atom is 0.159 e. The minimum absolute atomic E-state index is 0.107. The molecule has 0 radical (unpaired) electrons. The molecular formula is C11H12F2O. The van der Waals surface area contributed by atoms with E-state index in [0.717, 1.165) is 18.1 Å². The molecule has 1 fully saturated rings. The largest absolute Gasteiger partial charge is 0.396 e. The van der Waals surface area contributed by atoms with Crippen LogP contribution in [0.3, 0.4) is 0 Å². The Bertz CT molecular complexity index is 364. The first-order valence-electron chi connectivity index (χ1n) is 4.64. The van der Waals surface area contributed by atoms with Gasteiger partial charge in [-0.25, -0.2) is 8.78 Å². The highest BCUT2D eigenvalue weighted by Gasteiger charge is 2.50. The summed E-state index contributed by atoms with van der Waals surface area (Å²) in [6, 6.07) is 3.96. The topological polar surface area (TPSA) is 20.2 Å². The fourth-order valence-corrected chi connectivity index (χ4v) is 1.92. The Morgan fingerprint density at radius 2 is 2.14 bits per heavy atom. The third-order valence-corrected chi connectivity index (χ3v) is 3.21. The zero-order chi connectivity index (χ0) is 10.3. The van der Waals surface area contributed by atoms with E-state index < -0.39 is 11.6 Å². The Labute approximate surface area is 81.4 Å². The molecule has 0 bridgehead atoms. The zero-order valence-corrected chi connectivity index (χ0v) is 7.93. The van der Waals surface area contributed by atoms with Crippen molar-refractivity contribution in [3.05, 3.63) is 35.4 Å². The van der Waals surface area contributed by atoms with Crippen LogP contribution in [0.2, 0.25) is 0 Å². The van der Waals surface area contributed by atoms with Crippen molar-refractivity contribution in [3.63, 3.8) is 0 Å². The first-order valence-corrected chi connectivity index (χ1v) is 4.64. The Morgan fingerprint density at radius 1 is 1.43 bits per heavy atom. The molecule has 1 N–H and O–H groups in total. The van der Waals surface area contributed by atoms with E-state index >= 15 is 0 Å². The number of hydrogen-bond donors (Lipinski definition) is 1. The number of halogens is 2. The molecule has 0 aromatic heterocycles. The maximum absolute atomic E-state index is 12.9. The highest BCUT2D eigenvalue weighted by Crippen LogP contribution is 2.53. The molecule has 2 rings (SSSR count). The van der Waals surface area contributed by atoms with Crippen LogP contribution < -0.4 is 0 Å². The van der Waals surface area contributed by atoms with Crippen molar-refractivity contribution in [2.75, 3.05) is 6.61 Å². The average molecular weight is 198 g/mol. The second-order valence-electron chi connectivity index (χ2n) is 4.13. The van der Waals surface area contributed by atoms with Crippen molar-refractivity contribution in [2.24, 2.45) is 5.92 Å². The molecule has 0 aliphatic heterocycles. The predicted molar refractivity (Wildman–Crippen MR) is 48.9 cm³/mol. The van der Waals surface area contributed by atoms with Crippen LogP contribution in [0.4, 0.5) is 8.78 Å². The Hall–Kier alpha value is -0.960. The van der Waals surface area contributed by atoms with E-state index in [-0.39, 0.29) is 17.9 Å². The smallest absolute Gasteiger partial charge is 0.159 e. The standard InChI is InChI=1S/C11H12F2O/c1-11(5-8(11)6-14)7-2-3-9(12)10(13)4-7/h2-4,8,14H,5-6H2,1H3. The zero-order valence-electron chi connectivity index (χ0n) is 7.93. The summed E-state index contributed by atoms with van der Waals surface area (Å²) < 4.78 is 25.6. The third kappa shape index (κ3) is 1.32. The van der Waals surface area contributed by atoms with E-state index in [1.54, 1.807) is 6.07 Å². The molecule has 0 saturated heterocycles. The summed E-state index contributed by atoms with van der Waals surface area (Å²) in [5, 5.41) is 8.96. The Balaban J connectivity index is 2.31. The lowest BCUT2D eigenvalue weighted by molar-refractivity contribution is 0.265. The monoisotopic (exact) mass is 198 g/mol. The molecule has 2 atom stereocenters. The molecule has 1 nitrogen and oxygen atoms in total. The van der Waals surface area contributed by atoms with Crippen molar-refractivity contribution in [1.82, 2.24) is 0 Å². The molecule has 1 aromatic carbocycles. The Kier molecular flexibility index (Phi) is 2.07. The molecule has 2 unspecified atom stereocenters. The minimum Gasteiger partial charge on any atom is -0.396 e. The summed E-state index contributed by atoms with van der Waals surface area (Å²) in [5.41, 5.74) is 0.610. The average Bonchev–Trinajstić information content (AvgIpc) is 2.83. The summed E-state index contributed by atoms with van der Waals surface area (Å²) in [6.45, 7) is 2.07. The van der Waals surface area contributed by atoms with Gasteiger partial charge in [-0.3, -0.25) is 0 Å². The molecule has 0 heterocycles. The molecule has 0 spiro atoms. The summed E-state index contributed by atoms with van der Waals surface area (Å²) in [6.07, 6.45) is 0.842. The number of benzene rings is 1. The van der Waals surface area contributed by atoms with Gasteiger partial charge in [0.1, 0.15) is 0 Å². The summed E-state index contributed by atoms with van der Waals surface area (Å²) in [4.78, 5) is 0. The number of aliphatic hydroxyl groups is 1. The summed E-state index contributed by atoms with van der Waals surface area (Å²) in [7, 11) is 0. The SMILES string of the molecule is CC1(c2ccc(F)c(F)c2)CC1CO. The van der Waals surface area contributed by atoms with Crippen molar-refractivity contribution < 1.29 is 13.9 Å². The van der Waals surface area contributed by atoms with Gasteiger partial charge in [-0.15, -0.1) is 0 Å². The quantitative estimate of drug-likeness (QED) is 0.772. The van der Waals surface area contributed by atoms with Crippen LogP contribution in [0.25, 0.3) is 0 Å². The highest BCUT2D eigenvalue weighted by molar-refractivity contribution is 5.33. The van der Waals surface area contributed by atoms with E-state index in [2.05, 4.69) is 0 Å². The van der Waals surface area contributed by atoms with Crippen LogP contribution in [0, 0.1) is 17.6 Å². The van der Waals surface area contributed by atoms with Gasteiger partial charge < -0.3 is 5.11 Å². The number of rotatable bonds is 2. The van der Waals surface area contributed by atoms with Gasteiger partial charge >= 0.3 is 0 Å². The van der Waals surface area contributed by atoms with Gasteiger partial charge in [0.25, 0.3) is 0 Å². The van der Waals surface area contributed by atoms with Crippen LogP contribution >= 0.6 is 0 Å². The second kappa shape index (κ2) is 3.02. The van der Waals surface area contributed by atoms with Crippen LogP contribution in [0.5, 0.6) is 0 Å². The van der Waals surface area contributed by atoms with Gasteiger partial charge in [-0.05, 0) is 35.4 Å². The van der Waals surface area contributed by atoms with Crippen molar-refractivity contribution in [3.8, 4) is 0 Å².